The van der Waals surface area contributed by atoms with Gasteiger partial charge >= 0.3 is 5.97 Å². The third-order valence-corrected chi connectivity index (χ3v) is 3.23. The molecule has 0 unspecified atom stereocenters. The van der Waals surface area contributed by atoms with E-state index in [1.54, 1.807) is 6.92 Å². The van der Waals surface area contributed by atoms with Gasteiger partial charge in [-0.05, 0) is 13.8 Å². The van der Waals surface area contributed by atoms with E-state index in [0.717, 1.165) is 4.88 Å². The Morgan fingerprint density at radius 2 is 2.42 bits per heavy atom. The van der Waals surface area contributed by atoms with E-state index >= 15 is 0 Å². The molecule has 0 fully saturated rings. The first-order chi connectivity index (χ1) is 9.20. The maximum Gasteiger partial charge on any atom is 0.358 e. The van der Waals surface area contributed by atoms with Crippen LogP contribution >= 0.6 is 11.3 Å². The van der Waals surface area contributed by atoms with Gasteiger partial charge in [0.2, 0.25) is 6.39 Å². The van der Waals surface area contributed by atoms with Crippen LogP contribution < -0.4 is 5.32 Å². The molecule has 2 heterocycles. The Bertz CT molecular complexity index is 538. The minimum absolute atomic E-state index is 0.344. The van der Waals surface area contributed by atoms with Crippen molar-refractivity contribution in [3.8, 4) is 0 Å². The number of hydrogen-bond donors (Lipinski definition) is 1. The zero-order valence-corrected chi connectivity index (χ0v) is 11.5. The number of thiazole rings is 1. The number of nitrogens with zero attached hydrogens (tertiary/aromatic N) is 3. The Morgan fingerprint density at radius 3 is 3.11 bits per heavy atom. The highest BCUT2D eigenvalue weighted by atomic mass is 32.1. The molecule has 0 aliphatic heterocycles. The Balaban J connectivity index is 1.90. The summed E-state index contributed by atoms with van der Waals surface area (Å²) in [5, 5.41) is 7.51. The fourth-order valence-electron chi connectivity index (χ4n) is 1.44. The van der Waals surface area contributed by atoms with Crippen LogP contribution in [0.25, 0.3) is 0 Å². The molecule has 0 amide bonds. The first kappa shape index (κ1) is 13.5. The summed E-state index contributed by atoms with van der Waals surface area (Å²) in [5.41, 5.74) is 0.369. The number of carbonyl (C=O) groups excluding carboxylic acids is 1. The van der Waals surface area contributed by atoms with Crippen molar-refractivity contribution in [3.05, 3.63) is 22.8 Å². The molecule has 0 aliphatic rings. The lowest BCUT2D eigenvalue weighted by atomic mass is 10.4. The van der Waals surface area contributed by atoms with Crippen molar-refractivity contribution >= 4 is 22.4 Å². The van der Waals surface area contributed by atoms with Gasteiger partial charge in [-0.2, -0.15) is 4.98 Å². The topological polar surface area (TPSA) is 90.1 Å². The molecule has 0 spiro atoms. The van der Waals surface area contributed by atoms with Gasteiger partial charge in [0.15, 0.2) is 16.6 Å². The maximum absolute atomic E-state index is 11.6. The summed E-state index contributed by atoms with van der Waals surface area (Å²) in [5.74, 6) is 0.244. The molecule has 2 rings (SSSR count). The molecule has 0 bridgehead atoms. The average molecular weight is 282 g/mol. The SMILES string of the molecule is CCOC(=O)c1nc(NCCc2ncon2)sc1C. The molecule has 7 nitrogen and oxygen atoms in total. The maximum atomic E-state index is 11.6. The minimum atomic E-state index is -0.387. The molecular formula is C11H14N4O3S. The molecule has 1 N–H and O–H groups in total. The largest absolute Gasteiger partial charge is 0.461 e. The monoisotopic (exact) mass is 282 g/mol. The van der Waals surface area contributed by atoms with Crippen LogP contribution in [0.4, 0.5) is 5.13 Å². The van der Waals surface area contributed by atoms with Gasteiger partial charge in [-0.25, -0.2) is 9.78 Å². The van der Waals surface area contributed by atoms with E-state index in [1.165, 1.54) is 17.7 Å². The number of aryl methyl sites for hydroxylation is 1. The van der Waals surface area contributed by atoms with E-state index in [-0.39, 0.29) is 5.97 Å². The van der Waals surface area contributed by atoms with Crippen LogP contribution in [0, 0.1) is 6.92 Å². The second-order valence-electron chi connectivity index (χ2n) is 3.67. The summed E-state index contributed by atoms with van der Waals surface area (Å²) in [6.07, 6.45) is 1.92. The summed E-state index contributed by atoms with van der Waals surface area (Å²) in [7, 11) is 0. The highest BCUT2D eigenvalue weighted by Crippen LogP contribution is 2.22. The van der Waals surface area contributed by atoms with Gasteiger partial charge < -0.3 is 14.6 Å². The molecule has 0 aromatic carbocycles. The number of rotatable bonds is 6. The Hall–Kier alpha value is -1.96. The van der Waals surface area contributed by atoms with Crippen LogP contribution in [-0.2, 0) is 11.2 Å². The van der Waals surface area contributed by atoms with E-state index < -0.39 is 0 Å². The van der Waals surface area contributed by atoms with E-state index in [0.29, 0.717) is 36.2 Å². The predicted octanol–water partition coefficient (Wildman–Crippen LogP) is 1.67. The van der Waals surface area contributed by atoms with Crippen molar-refractivity contribution in [2.75, 3.05) is 18.5 Å². The molecule has 102 valence electrons. The lowest BCUT2D eigenvalue weighted by Gasteiger charge is -1.99. The fourth-order valence-corrected chi connectivity index (χ4v) is 2.27. The first-order valence-corrected chi connectivity index (χ1v) is 6.66. The highest BCUT2D eigenvalue weighted by Gasteiger charge is 2.16. The summed E-state index contributed by atoms with van der Waals surface area (Å²) < 4.78 is 9.57. The predicted molar refractivity (Wildman–Crippen MR) is 69.3 cm³/mol. The van der Waals surface area contributed by atoms with Gasteiger partial charge in [-0.15, -0.1) is 11.3 Å². The summed E-state index contributed by atoms with van der Waals surface area (Å²) in [4.78, 5) is 20.6. The van der Waals surface area contributed by atoms with E-state index in [4.69, 9.17) is 4.74 Å². The van der Waals surface area contributed by atoms with Crippen LogP contribution in [0.5, 0.6) is 0 Å². The quantitative estimate of drug-likeness (QED) is 0.806. The fraction of sp³-hybridized carbons (Fsp3) is 0.455. The molecule has 0 aliphatic carbocycles. The van der Waals surface area contributed by atoms with Crippen molar-refractivity contribution in [3.63, 3.8) is 0 Å². The van der Waals surface area contributed by atoms with Crippen molar-refractivity contribution in [2.45, 2.75) is 20.3 Å². The van der Waals surface area contributed by atoms with E-state index in [2.05, 4.69) is 25.0 Å². The van der Waals surface area contributed by atoms with Crippen LogP contribution in [0.2, 0.25) is 0 Å². The second-order valence-corrected chi connectivity index (χ2v) is 4.87. The number of ether oxygens (including phenoxy) is 1. The molecule has 0 saturated carbocycles. The van der Waals surface area contributed by atoms with Gasteiger partial charge in [-0.3, -0.25) is 0 Å². The smallest absolute Gasteiger partial charge is 0.358 e. The van der Waals surface area contributed by atoms with Crippen LogP contribution in [-0.4, -0.2) is 34.2 Å². The van der Waals surface area contributed by atoms with Crippen LogP contribution in [0.15, 0.2) is 10.9 Å². The Kier molecular flexibility index (Phi) is 4.45. The Labute approximate surface area is 114 Å². The summed E-state index contributed by atoms with van der Waals surface area (Å²) in [6, 6.07) is 0. The van der Waals surface area contributed by atoms with Crippen molar-refractivity contribution in [1.29, 1.82) is 0 Å². The number of esters is 1. The average Bonchev–Trinajstić information content (AvgIpc) is 2.99. The second kappa shape index (κ2) is 6.28. The molecular weight excluding hydrogens is 268 g/mol. The number of nitrogens with one attached hydrogen (secondary N) is 1. The molecule has 0 atom stereocenters. The van der Waals surface area contributed by atoms with Gasteiger partial charge in [-0.1, -0.05) is 5.16 Å². The third-order valence-electron chi connectivity index (χ3n) is 2.30. The first-order valence-electron chi connectivity index (χ1n) is 5.84. The van der Waals surface area contributed by atoms with Crippen molar-refractivity contribution in [2.24, 2.45) is 0 Å². The number of hydrogen-bond acceptors (Lipinski definition) is 8. The third kappa shape index (κ3) is 3.50. The van der Waals surface area contributed by atoms with Gasteiger partial charge in [0.25, 0.3) is 0 Å². The zero-order chi connectivity index (χ0) is 13.7. The number of anilines is 1. The van der Waals surface area contributed by atoms with E-state index in [9.17, 15) is 4.79 Å². The van der Waals surface area contributed by atoms with Gasteiger partial charge in [0.1, 0.15) is 0 Å². The summed E-state index contributed by atoms with van der Waals surface area (Å²) in [6.45, 7) is 4.57. The van der Waals surface area contributed by atoms with Crippen LogP contribution in [0.3, 0.4) is 0 Å². The molecule has 0 saturated heterocycles. The summed E-state index contributed by atoms with van der Waals surface area (Å²) >= 11 is 1.42. The van der Waals surface area contributed by atoms with Crippen molar-refractivity contribution in [1.82, 2.24) is 15.1 Å². The molecule has 2 aromatic rings. The molecule has 2 aromatic heterocycles. The Morgan fingerprint density at radius 1 is 1.58 bits per heavy atom. The molecule has 19 heavy (non-hydrogen) atoms. The van der Waals surface area contributed by atoms with Crippen LogP contribution in [0.1, 0.15) is 28.1 Å². The number of carbonyl (C=O) groups is 1. The molecule has 8 heteroatoms. The zero-order valence-electron chi connectivity index (χ0n) is 10.7. The minimum Gasteiger partial charge on any atom is -0.461 e. The highest BCUT2D eigenvalue weighted by molar-refractivity contribution is 7.15. The lowest BCUT2D eigenvalue weighted by Crippen LogP contribution is -2.08. The lowest BCUT2D eigenvalue weighted by molar-refractivity contribution is 0.0519. The standard InChI is InChI=1S/C11H14N4O3S/c1-3-17-10(16)9-7(2)19-11(14-9)12-5-4-8-13-6-18-15-8/h6H,3-5H2,1-2H3,(H,12,14). The number of aromatic nitrogens is 3. The van der Waals surface area contributed by atoms with E-state index in [1.807, 2.05) is 6.92 Å². The van der Waals surface area contributed by atoms with Crippen molar-refractivity contribution < 1.29 is 14.1 Å². The molecule has 0 radical (unpaired) electrons. The van der Waals surface area contributed by atoms with Gasteiger partial charge in [0, 0.05) is 17.8 Å². The normalized spacial score (nSPS) is 10.4. The van der Waals surface area contributed by atoms with Gasteiger partial charge in [0.05, 0.1) is 6.61 Å².